The van der Waals surface area contributed by atoms with Gasteiger partial charge in [-0.1, -0.05) is 32.9 Å². The number of nitrogens with zero attached hydrogens (tertiary/aromatic N) is 2. The molecule has 19 heavy (non-hydrogen) atoms. The molecule has 3 nitrogen and oxygen atoms in total. The van der Waals surface area contributed by atoms with Crippen LogP contribution in [0.25, 0.3) is 11.3 Å². The fraction of sp³-hybridized carbons (Fsp3) is 0.400. The van der Waals surface area contributed by atoms with Gasteiger partial charge in [-0.3, -0.25) is 0 Å². The summed E-state index contributed by atoms with van der Waals surface area (Å²) in [6.45, 7) is 9.06. The highest BCUT2D eigenvalue weighted by Gasteiger charge is 2.24. The van der Waals surface area contributed by atoms with E-state index >= 15 is 0 Å². The molecule has 0 saturated carbocycles. The number of hydrogen-bond donors (Lipinski definition) is 1. The van der Waals surface area contributed by atoms with Gasteiger partial charge in [0.15, 0.2) is 0 Å². The monoisotopic (exact) mass is 261 g/mol. The number of rotatable bonds is 2. The van der Waals surface area contributed by atoms with Gasteiger partial charge >= 0.3 is 0 Å². The molecule has 0 aliphatic rings. The Morgan fingerprint density at radius 3 is 2.47 bits per heavy atom. The highest BCUT2D eigenvalue weighted by Crippen LogP contribution is 2.31. The van der Waals surface area contributed by atoms with E-state index in [9.17, 15) is 4.39 Å². The van der Waals surface area contributed by atoms with E-state index in [2.05, 4.69) is 25.8 Å². The molecule has 102 valence electrons. The number of anilines is 1. The van der Waals surface area contributed by atoms with Crippen LogP contribution in [-0.2, 0) is 12.0 Å². The van der Waals surface area contributed by atoms with E-state index in [1.807, 2.05) is 17.6 Å². The predicted molar refractivity (Wildman–Crippen MR) is 76.4 cm³/mol. The molecule has 0 saturated heterocycles. The summed E-state index contributed by atoms with van der Waals surface area (Å²) < 4.78 is 15.3. The summed E-state index contributed by atoms with van der Waals surface area (Å²) >= 11 is 0. The SMILES string of the molecule is CCn1c(C(C)(C)C)nc(-c2cccc(F)c2)c1N. The molecule has 0 atom stereocenters. The van der Waals surface area contributed by atoms with Crippen molar-refractivity contribution in [1.82, 2.24) is 9.55 Å². The summed E-state index contributed by atoms with van der Waals surface area (Å²) in [6, 6.07) is 6.38. The van der Waals surface area contributed by atoms with Crippen LogP contribution >= 0.6 is 0 Å². The van der Waals surface area contributed by atoms with E-state index in [-0.39, 0.29) is 11.2 Å². The van der Waals surface area contributed by atoms with Crippen molar-refractivity contribution in [3.05, 3.63) is 35.9 Å². The molecule has 1 heterocycles. The molecule has 0 unspecified atom stereocenters. The van der Waals surface area contributed by atoms with Gasteiger partial charge in [-0.05, 0) is 19.1 Å². The first kappa shape index (κ1) is 13.6. The Hall–Kier alpha value is -1.84. The molecule has 0 radical (unpaired) electrons. The van der Waals surface area contributed by atoms with E-state index < -0.39 is 0 Å². The second-order valence-corrected chi connectivity index (χ2v) is 5.67. The van der Waals surface area contributed by atoms with Crippen molar-refractivity contribution in [1.29, 1.82) is 0 Å². The molecule has 1 aromatic carbocycles. The fourth-order valence-corrected chi connectivity index (χ4v) is 2.21. The molecule has 0 bridgehead atoms. The lowest BCUT2D eigenvalue weighted by atomic mass is 9.95. The van der Waals surface area contributed by atoms with Crippen LogP contribution in [0.4, 0.5) is 10.2 Å². The van der Waals surface area contributed by atoms with Gasteiger partial charge in [-0.25, -0.2) is 9.37 Å². The minimum atomic E-state index is -0.278. The zero-order valence-corrected chi connectivity index (χ0v) is 11.9. The minimum absolute atomic E-state index is 0.101. The highest BCUT2D eigenvalue weighted by molar-refractivity contribution is 5.71. The van der Waals surface area contributed by atoms with Crippen LogP contribution < -0.4 is 5.73 Å². The molecule has 0 aliphatic carbocycles. The topological polar surface area (TPSA) is 43.8 Å². The van der Waals surface area contributed by atoms with Crippen LogP contribution in [-0.4, -0.2) is 9.55 Å². The molecule has 1 aromatic heterocycles. The first-order valence-corrected chi connectivity index (χ1v) is 6.47. The van der Waals surface area contributed by atoms with E-state index in [4.69, 9.17) is 5.73 Å². The first-order valence-electron chi connectivity index (χ1n) is 6.47. The van der Waals surface area contributed by atoms with Gasteiger partial charge < -0.3 is 10.3 Å². The number of imidazole rings is 1. The molecule has 2 N–H and O–H groups in total. The van der Waals surface area contributed by atoms with Crippen LogP contribution in [0.5, 0.6) is 0 Å². The van der Waals surface area contributed by atoms with Crippen molar-refractivity contribution in [3.63, 3.8) is 0 Å². The minimum Gasteiger partial charge on any atom is -0.383 e. The second kappa shape index (κ2) is 4.68. The Morgan fingerprint density at radius 2 is 2.00 bits per heavy atom. The highest BCUT2D eigenvalue weighted by atomic mass is 19.1. The lowest BCUT2D eigenvalue weighted by Gasteiger charge is -2.19. The third-order valence-electron chi connectivity index (χ3n) is 3.09. The van der Waals surface area contributed by atoms with Gasteiger partial charge in [0.25, 0.3) is 0 Å². The molecular formula is C15H20FN3. The third-order valence-corrected chi connectivity index (χ3v) is 3.09. The van der Waals surface area contributed by atoms with Gasteiger partial charge in [-0.2, -0.15) is 0 Å². The largest absolute Gasteiger partial charge is 0.383 e. The number of hydrogen-bond acceptors (Lipinski definition) is 2. The smallest absolute Gasteiger partial charge is 0.131 e. The fourth-order valence-electron chi connectivity index (χ4n) is 2.21. The zero-order valence-electron chi connectivity index (χ0n) is 11.9. The van der Waals surface area contributed by atoms with Crippen molar-refractivity contribution >= 4 is 5.82 Å². The molecule has 4 heteroatoms. The summed E-state index contributed by atoms with van der Waals surface area (Å²) in [7, 11) is 0. The lowest BCUT2D eigenvalue weighted by molar-refractivity contribution is 0.508. The van der Waals surface area contributed by atoms with Crippen molar-refractivity contribution in [2.45, 2.75) is 39.7 Å². The van der Waals surface area contributed by atoms with Crippen LogP contribution in [0, 0.1) is 5.82 Å². The maximum atomic E-state index is 13.3. The first-order chi connectivity index (χ1) is 8.84. The quantitative estimate of drug-likeness (QED) is 0.897. The molecule has 2 rings (SSSR count). The molecule has 0 spiro atoms. The van der Waals surface area contributed by atoms with Crippen LogP contribution in [0.2, 0.25) is 0 Å². The number of benzene rings is 1. The lowest BCUT2D eigenvalue weighted by Crippen LogP contribution is -2.19. The van der Waals surface area contributed by atoms with E-state index in [1.165, 1.54) is 12.1 Å². The molecule has 0 aliphatic heterocycles. The molecule has 0 amide bonds. The van der Waals surface area contributed by atoms with Crippen LogP contribution in [0.15, 0.2) is 24.3 Å². The average molecular weight is 261 g/mol. The Morgan fingerprint density at radius 1 is 1.32 bits per heavy atom. The number of nitrogens with two attached hydrogens (primary N) is 1. The standard InChI is InChI=1S/C15H20FN3/c1-5-19-13(17)12(18-14(19)15(2,3)4)10-7-6-8-11(16)9-10/h6-9H,5,17H2,1-4H3. The molecular weight excluding hydrogens is 241 g/mol. The maximum absolute atomic E-state index is 13.3. The van der Waals surface area contributed by atoms with Crippen molar-refractivity contribution in [2.24, 2.45) is 0 Å². The summed E-state index contributed by atoms with van der Waals surface area (Å²) in [4.78, 5) is 4.63. The number of aromatic nitrogens is 2. The maximum Gasteiger partial charge on any atom is 0.131 e. The van der Waals surface area contributed by atoms with Gasteiger partial charge in [0.1, 0.15) is 23.2 Å². The van der Waals surface area contributed by atoms with Gasteiger partial charge in [0, 0.05) is 17.5 Å². The summed E-state index contributed by atoms with van der Waals surface area (Å²) in [5, 5.41) is 0. The molecule has 2 aromatic rings. The van der Waals surface area contributed by atoms with Crippen molar-refractivity contribution in [3.8, 4) is 11.3 Å². The van der Waals surface area contributed by atoms with Gasteiger partial charge in [0.2, 0.25) is 0 Å². The second-order valence-electron chi connectivity index (χ2n) is 5.67. The van der Waals surface area contributed by atoms with Gasteiger partial charge in [-0.15, -0.1) is 0 Å². The number of halogens is 1. The Kier molecular flexibility index (Phi) is 3.35. The Labute approximate surface area is 113 Å². The van der Waals surface area contributed by atoms with E-state index in [0.29, 0.717) is 11.5 Å². The van der Waals surface area contributed by atoms with E-state index in [1.54, 1.807) is 6.07 Å². The Bertz CT molecular complexity index is 594. The summed E-state index contributed by atoms with van der Waals surface area (Å²) in [6.07, 6.45) is 0. The van der Waals surface area contributed by atoms with Crippen LogP contribution in [0.3, 0.4) is 0 Å². The van der Waals surface area contributed by atoms with Crippen LogP contribution in [0.1, 0.15) is 33.5 Å². The summed E-state index contributed by atoms with van der Waals surface area (Å²) in [5.41, 5.74) is 7.45. The Balaban J connectivity index is 2.63. The summed E-state index contributed by atoms with van der Waals surface area (Å²) in [5.74, 6) is 1.24. The van der Waals surface area contributed by atoms with Gasteiger partial charge in [0.05, 0.1) is 0 Å². The van der Waals surface area contributed by atoms with Crippen molar-refractivity contribution < 1.29 is 4.39 Å². The third kappa shape index (κ3) is 2.48. The number of nitrogen functional groups attached to an aromatic ring is 1. The average Bonchev–Trinajstić information content (AvgIpc) is 2.66. The zero-order chi connectivity index (χ0) is 14.2. The normalized spacial score (nSPS) is 11.8. The van der Waals surface area contributed by atoms with E-state index in [0.717, 1.165) is 17.9 Å². The predicted octanol–water partition coefficient (Wildman–Crippen LogP) is 3.59. The van der Waals surface area contributed by atoms with Crippen molar-refractivity contribution in [2.75, 3.05) is 5.73 Å². The molecule has 0 fully saturated rings.